The Hall–Kier alpha value is -2.69. The Labute approximate surface area is 217 Å². The number of imidazole rings is 1. The quantitative estimate of drug-likeness (QED) is 0.558. The summed E-state index contributed by atoms with van der Waals surface area (Å²) in [6.45, 7) is 7.89. The Balaban J connectivity index is 1.10. The third-order valence-electron chi connectivity index (χ3n) is 9.04. The van der Waals surface area contributed by atoms with Crippen LogP contribution in [0, 0.1) is 5.92 Å². The number of anilines is 1. The van der Waals surface area contributed by atoms with Crippen molar-refractivity contribution in [2.75, 3.05) is 57.3 Å². The molecular weight excluding hydrogens is 470 g/mol. The predicted octanol–water partition coefficient (Wildman–Crippen LogP) is 0.294. The smallest absolute Gasteiger partial charge is 0.330 e. The number of nitrogens with two attached hydrogens (primary N) is 1. The van der Waals surface area contributed by atoms with E-state index in [4.69, 9.17) is 5.73 Å². The molecular formula is C27H39N7O3. The molecule has 4 heterocycles. The number of rotatable bonds is 5. The van der Waals surface area contributed by atoms with E-state index in [0.29, 0.717) is 24.0 Å². The third kappa shape index (κ3) is 4.49. The van der Waals surface area contributed by atoms with E-state index in [0.717, 1.165) is 75.9 Å². The summed E-state index contributed by atoms with van der Waals surface area (Å²) < 4.78 is 2.97. The van der Waals surface area contributed by atoms with E-state index in [1.165, 1.54) is 17.4 Å². The standard InChI is InChI=1S/C27H39N7O3/c1-30-24-21(3-2-4-22(24)34(27(30)37)25-23(35)9-10-29-26(25)36)33-16-18(17-33)15-31-11-13-32(14-12-31)20-7-5-19(28)6-8-20/h2-4,18-20,25H,5-17,28H2,1H3,(H,29,36). The number of piperazine rings is 1. The van der Waals surface area contributed by atoms with Gasteiger partial charge in [0.05, 0.1) is 16.7 Å². The lowest BCUT2D eigenvalue weighted by molar-refractivity contribution is -0.135. The van der Waals surface area contributed by atoms with Gasteiger partial charge in [0.15, 0.2) is 11.8 Å². The van der Waals surface area contributed by atoms with Crippen LogP contribution in [0.1, 0.15) is 38.1 Å². The van der Waals surface area contributed by atoms with Crippen molar-refractivity contribution in [1.29, 1.82) is 0 Å². The summed E-state index contributed by atoms with van der Waals surface area (Å²) in [4.78, 5) is 45.9. The number of nitrogens with zero attached hydrogens (tertiary/aromatic N) is 5. The van der Waals surface area contributed by atoms with Crippen molar-refractivity contribution in [2.24, 2.45) is 18.7 Å². The summed E-state index contributed by atoms with van der Waals surface area (Å²) in [5, 5.41) is 2.74. The fraction of sp³-hybridized carbons (Fsp3) is 0.667. The number of hydrogen-bond donors (Lipinski definition) is 2. The highest BCUT2D eigenvalue weighted by Gasteiger charge is 2.37. The van der Waals surface area contributed by atoms with Gasteiger partial charge < -0.3 is 20.9 Å². The number of para-hydroxylation sites is 1. The van der Waals surface area contributed by atoms with Crippen LogP contribution in [-0.2, 0) is 16.6 Å². The minimum absolute atomic E-state index is 0.208. The second-order valence-electron chi connectivity index (χ2n) is 11.4. The molecule has 0 bridgehead atoms. The summed E-state index contributed by atoms with van der Waals surface area (Å²) in [7, 11) is 1.73. The van der Waals surface area contributed by atoms with Crippen molar-refractivity contribution in [3.63, 3.8) is 0 Å². The number of piperidine rings is 1. The number of ketones is 1. The van der Waals surface area contributed by atoms with Gasteiger partial charge in [-0.05, 0) is 37.8 Å². The lowest BCUT2D eigenvalue weighted by Gasteiger charge is -2.46. The Morgan fingerprint density at radius 3 is 2.43 bits per heavy atom. The molecule has 3 aliphatic heterocycles. The van der Waals surface area contributed by atoms with Gasteiger partial charge in [-0.2, -0.15) is 0 Å². The number of amides is 1. The molecule has 1 unspecified atom stereocenters. The van der Waals surface area contributed by atoms with E-state index in [1.807, 2.05) is 18.2 Å². The average molecular weight is 510 g/mol. The Morgan fingerprint density at radius 1 is 1.00 bits per heavy atom. The van der Waals surface area contributed by atoms with Gasteiger partial charge in [-0.15, -0.1) is 0 Å². The van der Waals surface area contributed by atoms with Crippen LogP contribution in [0.25, 0.3) is 11.0 Å². The zero-order valence-corrected chi connectivity index (χ0v) is 21.8. The van der Waals surface area contributed by atoms with Gasteiger partial charge in [0.1, 0.15) is 0 Å². The molecule has 1 saturated carbocycles. The summed E-state index contributed by atoms with van der Waals surface area (Å²) in [5.74, 6) is -0.00773. The molecule has 4 aliphatic rings. The first-order valence-corrected chi connectivity index (χ1v) is 13.9. The molecule has 1 atom stereocenters. The molecule has 1 aromatic carbocycles. The van der Waals surface area contributed by atoms with E-state index in [9.17, 15) is 14.4 Å². The second-order valence-corrected chi connectivity index (χ2v) is 11.4. The van der Waals surface area contributed by atoms with Gasteiger partial charge in [-0.3, -0.25) is 23.6 Å². The lowest BCUT2D eigenvalue weighted by Crippen LogP contribution is -2.56. The van der Waals surface area contributed by atoms with Crippen molar-refractivity contribution in [1.82, 2.24) is 24.3 Å². The fourth-order valence-corrected chi connectivity index (χ4v) is 6.90. The van der Waals surface area contributed by atoms with Crippen LogP contribution in [0.15, 0.2) is 23.0 Å². The van der Waals surface area contributed by atoms with Crippen LogP contribution < -0.4 is 21.6 Å². The highest BCUT2D eigenvalue weighted by atomic mass is 16.2. The maximum Gasteiger partial charge on any atom is 0.330 e. The van der Waals surface area contributed by atoms with Gasteiger partial charge >= 0.3 is 5.69 Å². The molecule has 10 heteroatoms. The van der Waals surface area contributed by atoms with Crippen LogP contribution in [0.3, 0.4) is 0 Å². The Kier molecular flexibility index (Phi) is 6.58. The number of aryl methyl sites for hydroxylation is 1. The number of carbonyl (C=O) groups excluding carboxylic acids is 2. The minimum Gasteiger partial charge on any atom is -0.369 e. The molecule has 0 radical (unpaired) electrons. The minimum atomic E-state index is -1.09. The zero-order chi connectivity index (χ0) is 25.7. The van der Waals surface area contributed by atoms with E-state index >= 15 is 0 Å². The summed E-state index contributed by atoms with van der Waals surface area (Å²) in [6.07, 6.45) is 5.06. The molecule has 200 valence electrons. The molecule has 3 N–H and O–H groups in total. The van der Waals surface area contributed by atoms with Gasteiger partial charge in [-0.1, -0.05) is 6.07 Å². The highest BCUT2D eigenvalue weighted by molar-refractivity contribution is 6.07. The van der Waals surface area contributed by atoms with E-state index in [2.05, 4.69) is 20.0 Å². The van der Waals surface area contributed by atoms with Gasteiger partial charge in [0, 0.05) is 83.8 Å². The fourth-order valence-electron chi connectivity index (χ4n) is 6.90. The van der Waals surface area contributed by atoms with E-state index in [-0.39, 0.29) is 17.9 Å². The molecule has 2 aromatic rings. The lowest BCUT2D eigenvalue weighted by atomic mass is 9.90. The first-order valence-electron chi connectivity index (χ1n) is 13.9. The first kappa shape index (κ1) is 24.6. The van der Waals surface area contributed by atoms with Crippen LogP contribution in [0.2, 0.25) is 0 Å². The molecule has 3 saturated heterocycles. The van der Waals surface area contributed by atoms with E-state index < -0.39 is 11.9 Å². The third-order valence-corrected chi connectivity index (χ3v) is 9.04. The van der Waals surface area contributed by atoms with Crippen LogP contribution in [0.5, 0.6) is 0 Å². The molecule has 6 rings (SSSR count). The highest BCUT2D eigenvalue weighted by Crippen LogP contribution is 2.33. The number of hydrogen-bond acceptors (Lipinski definition) is 7. The number of Topliss-reactive ketones (excluding diaryl/α,β-unsaturated/α-hetero) is 1. The van der Waals surface area contributed by atoms with Crippen LogP contribution in [-0.4, -0.2) is 95.1 Å². The van der Waals surface area contributed by atoms with Crippen LogP contribution >= 0.6 is 0 Å². The van der Waals surface area contributed by atoms with E-state index in [1.54, 1.807) is 11.6 Å². The van der Waals surface area contributed by atoms with Crippen LogP contribution in [0.4, 0.5) is 5.69 Å². The number of aromatic nitrogens is 2. The number of carbonyl (C=O) groups is 2. The molecule has 37 heavy (non-hydrogen) atoms. The largest absolute Gasteiger partial charge is 0.369 e. The topological polar surface area (TPSA) is 109 Å². The molecule has 0 spiro atoms. The SMILES string of the molecule is Cn1c(=O)n(C2C(=O)CCNC2=O)c2cccc(N3CC(CN4CCN(C5CCC(N)CC5)CC4)C3)c21. The molecule has 1 aromatic heterocycles. The summed E-state index contributed by atoms with van der Waals surface area (Å²) >= 11 is 0. The van der Waals surface area contributed by atoms with Crippen molar-refractivity contribution in [3.8, 4) is 0 Å². The zero-order valence-electron chi connectivity index (χ0n) is 21.8. The number of fused-ring (bicyclic) bond motifs is 1. The Bertz CT molecular complexity index is 1210. The normalized spacial score (nSPS) is 28.5. The Morgan fingerprint density at radius 2 is 1.73 bits per heavy atom. The van der Waals surface area contributed by atoms with Crippen molar-refractivity contribution < 1.29 is 9.59 Å². The molecule has 10 nitrogen and oxygen atoms in total. The summed E-state index contributed by atoms with van der Waals surface area (Å²) in [6, 6.07) is 5.83. The molecule has 1 amide bonds. The maximum atomic E-state index is 13.2. The average Bonchev–Trinajstić information content (AvgIpc) is 3.12. The molecule has 4 fully saturated rings. The first-order chi connectivity index (χ1) is 17.9. The second kappa shape index (κ2) is 9.89. The number of benzene rings is 1. The van der Waals surface area contributed by atoms with Crippen molar-refractivity contribution >= 4 is 28.4 Å². The molecule has 1 aliphatic carbocycles. The number of nitrogens with one attached hydrogen (secondary N) is 1. The van der Waals surface area contributed by atoms with Crippen molar-refractivity contribution in [2.45, 2.75) is 50.2 Å². The predicted molar refractivity (Wildman–Crippen MR) is 143 cm³/mol. The maximum absolute atomic E-state index is 13.2. The monoisotopic (exact) mass is 509 g/mol. The van der Waals surface area contributed by atoms with Gasteiger partial charge in [0.25, 0.3) is 5.91 Å². The van der Waals surface area contributed by atoms with Gasteiger partial charge in [0.2, 0.25) is 0 Å². The summed E-state index contributed by atoms with van der Waals surface area (Å²) in [5.41, 5.74) is 8.19. The van der Waals surface area contributed by atoms with Crippen molar-refractivity contribution in [3.05, 3.63) is 28.7 Å². The van der Waals surface area contributed by atoms with Gasteiger partial charge in [-0.25, -0.2) is 4.79 Å².